The first kappa shape index (κ1) is 12.9. The Labute approximate surface area is 119 Å². The van der Waals surface area contributed by atoms with E-state index < -0.39 is 6.10 Å². The van der Waals surface area contributed by atoms with E-state index in [1.807, 2.05) is 30.3 Å². The van der Waals surface area contributed by atoms with Gasteiger partial charge in [0.1, 0.15) is 11.5 Å². The maximum Gasteiger partial charge on any atom is 0.135 e. The lowest BCUT2D eigenvalue weighted by Crippen LogP contribution is -2.02. The van der Waals surface area contributed by atoms with Crippen molar-refractivity contribution in [2.45, 2.75) is 19.4 Å². The van der Waals surface area contributed by atoms with Gasteiger partial charge in [-0.1, -0.05) is 11.6 Å². The lowest BCUT2D eigenvalue weighted by atomic mass is 10.2. The van der Waals surface area contributed by atoms with Crippen LogP contribution in [0.2, 0.25) is 5.02 Å². The third-order valence-corrected chi connectivity index (χ3v) is 3.48. The zero-order valence-electron chi connectivity index (χ0n) is 9.28. The molecule has 1 atom stereocenters. The van der Waals surface area contributed by atoms with Crippen molar-refractivity contribution < 1.29 is 9.52 Å². The standard InChI is InChI=1S/C13H12ClIO2/c1-8(16)6-10-3-5-13(17-10)11-4-2-9(14)7-12(11)15/h2-5,7-8,16H,6H2,1H3. The lowest BCUT2D eigenvalue weighted by Gasteiger charge is -2.02. The molecule has 2 nitrogen and oxygen atoms in total. The maximum atomic E-state index is 9.30. The van der Waals surface area contributed by atoms with E-state index in [-0.39, 0.29) is 0 Å². The number of aliphatic hydroxyl groups excluding tert-OH is 1. The lowest BCUT2D eigenvalue weighted by molar-refractivity contribution is 0.187. The fourth-order valence-electron chi connectivity index (χ4n) is 1.61. The summed E-state index contributed by atoms with van der Waals surface area (Å²) in [5.41, 5.74) is 1.02. The Morgan fingerprint density at radius 2 is 2.12 bits per heavy atom. The number of aliphatic hydroxyl groups is 1. The highest BCUT2D eigenvalue weighted by molar-refractivity contribution is 14.1. The van der Waals surface area contributed by atoms with Crippen LogP contribution in [0, 0.1) is 3.57 Å². The quantitative estimate of drug-likeness (QED) is 0.833. The number of rotatable bonds is 3. The Hall–Kier alpha value is -0.520. The molecule has 90 valence electrons. The van der Waals surface area contributed by atoms with Crippen molar-refractivity contribution in [1.82, 2.24) is 0 Å². The third-order valence-electron chi connectivity index (χ3n) is 2.35. The van der Waals surface area contributed by atoms with E-state index >= 15 is 0 Å². The van der Waals surface area contributed by atoms with Gasteiger partial charge >= 0.3 is 0 Å². The molecule has 0 radical (unpaired) electrons. The Kier molecular flexibility index (Phi) is 4.12. The molecule has 0 aliphatic rings. The van der Waals surface area contributed by atoms with Crippen LogP contribution in [-0.4, -0.2) is 11.2 Å². The molecule has 17 heavy (non-hydrogen) atoms. The van der Waals surface area contributed by atoms with Crippen molar-refractivity contribution in [2.75, 3.05) is 0 Å². The molecule has 0 saturated carbocycles. The molecule has 2 aromatic rings. The van der Waals surface area contributed by atoms with E-state index in [0.29, 0.717) is 11.4 Å². The molecule has 0 spiro atoms. The minimum absolute atomic E-state index is 0.390. The van der Waals surface area contributed by atoms with Crippen LogP contribution in [0.1, 0.15) is 12.7 Å². The van der Waals surface area contributed by atoms with Crippen LogP contribution < -0.4 is 0 Å². The van der Waals surface area contributed by atoms with Crippen LogP contribution >= 0.6 is 34.2 Å². The van der Waals surface area contributed by atoms with Crippen molar-refractivity contribution >= 4 is 34.2 Å². The first-order valence-corrected chi connectivity index (χ1v) is 6.74. The summed E-state index contributed by atoms with van der Waals surface area (Å²) in [5, 5.41) is 10.0. The van der Waals surface area contributed by atoms with Gasteiger partial charge in [-0.05, 0) is 59.8 Å². The van der Waals surface area contributed by atoms with E-state index in [9.17, 15) is 5.11 Å². The van der Waals surface area contributed by atoms with Crippen LogP contribution in [-0.2, 0) is 6.42 Å². The highest BCUT2D eigenvalue weighted by atomic mass is 127. The fraction of sp³-hybridized carbons (Fsp3) is 0.231. The topological polar surface area (TPSA) is 33.4 Å². The van der Waals surface area contributed by atoms with Gasteiger partial charge in [0.15, 0.2) is 0 Å². The van der Waals surface area contributed by atoms with E-state index in [4.69, 9.17) is 16.0 Å². The zero-order chi connectivity index (χ0) is 12.4. The monoisotopic (exact) mass is 362 g/mol. The molecule has 2 rings (SSSR count). The van der Waals surface area contributed by atoms with E-state index in [1.54, 1.807) is 6.92 Å². The zero-order valence-corrected chi connectivity index (χ0v) is 12.2. The average Bonchev–Trinajstić information content (AvgIpc) is 2.65. The summed E-state index contributed by atoms with van der Waals surface area (Å²) in [4.78, 5) is 0. The average molecular weight is 363 g/mol. The van der Waals surface area contributed by atoms with E-state index in [2.05, 4.69) is 22.6 Å². The van der Waals surface area contributed by atoms with E-state index in [1.165, 1.54) is 0 Å². The van der Waals surface area contributed by atoms with E-state index in [0.717, 1.165) is 20.7 Å². The Morgan fingerprint density at radius 1 is 1.35 bits per heavy atom. The van der Waals surface area contributed by atoms with Gasteiger partial charge in [0, 0.05) is 20.6 Å². The SMILES string of the molecule is CC(O)Cc1ccc(-c2ccc(Cl)cc2I)o1. The molecule has 0 aliphatic carbocycles. The second-order valence-corrected chi connectivity index (χ2v) is 5.54. The number of hydrogen-bond donors (Lipinski definition) is 1. The smallest absolute Gasteiger partial charge is 0.135 e. The number of halogens is 2. The third kappa shape index (κ3) is 3.24. The highest BCUT2D eigenvalue weighted by Crippen LogP contribution is 2.29. The number of furan rings is 1. The van der Waals surface area contributed by atoms with Gasteiger partial charge in [-0.2, -0.15) is 0 Å². The molecule has 0 saturated heterocycles. The van der Waals surface area contributed by atoms with Crippen LogP contribution in [0.3, 0.4) is 0 Å². The van der Waals surface area contributed by atoms with Crippen molar-refractivity contribution in [3.05, 3.63) is 44.7 Å². The second kappa shape index (κ2) is 5.42. The van der Waals surface area contributed by atoms with Crippen molar-refractivity contribution in [1.29, 1.82) is 0 Å². The summed E-state index contributed by atoms with van der Waals surface area (Å²) in [7, 11) is 0. The first-order valence-electron chi connectivity index (χ1n) is 5.28. The van der Waals surface area contributed by atoms with Crippen LogP contribution in [0.5, 0.6) is 0 Å². The van der Waals surface area contributed by atoms with Crippen molar-refractivity contribution in [3.63, 3.8) is 0 Å². The summed E-state index contributed by atoms with van der Waals surface area (Å²) in [6.07, 6.45) is 0.141. The number of benzene rings is 1. The molecular weight excluding hydrogens is 350 g/mol. The van der Waals surface area contributed by atoms with Gasteiger partial charge in [0.2, 0.25) is 0 Å². The van der Waals surface area contributed by atoms with Gasteiger partial charge < -0.3 is 9.52 Å². The molecule has 4 heteroatoms. The Balaban J connectivity index is 2.30. The van der Waals surface area contributed by atoms with Gasteiger partial charge in [-0.25, -0.2) is 0 Å². The normalized spacial score (nSPS) is 12.7. The minimum atomic E-state index is -0.390. The summed E-state index contributed by atoms with van der Waals surface area (Å²) in [6, 6.07) is 9.50. The molecule has 1 aromatic carbocycles. The molecule has 0 amide bonds. The Bertz CT molecular complexity index is 520. The molecule has 0 bridgehead atoms. The summed E-state index contributed by atoms with van der Waals surface area (Å²) >= 11 is 8.14. The van der Waals surface area contributed by atoms with Gasteiger partial charge in [-0.3, -0.25) is 0 Å². The largest absolute Gasteiger partial charge is 0.461 e. The summed E-state index contributed by atoms with van der Waals surface area (Å²) in [5.74, 6) is 1.60. The van der Waals surface area contributed by atoms with Gasteiger partial charge in [0.05, 0.1) is 6.10 Å². The minimum Gasteiger partial charge on any atom is -0.461 e. The number of hydrogen-bond acceptors (Lipinski definition) is 2. The molecular formula is C13H12ClIO2. The van der Waals surface area contributed by atoms with Crippen LogP contribution in [0.15, 0.2) is 34.7 Å². The maximum absolute atomic E-state index is 9.30. The summed E-state index contributed by atoms with van der Waals surface area (Å²) in [6.45, 7) is 1.74. The highest BCUT2D eigenvalue weighted by Gasteiger charge is 2.10. The molecule has 1 unspecified atom stereocenters. The molecule has 0 aliphatic heterocycles. The van der Waals surface area contributed by atoms with Gasteiger partial charge in [-0.15, -0.1) is 0 Å². The molecule has 1 N–H and O–H groups in total. The summed E-state index contributed by atoms with van der Waals surface area (Å²) < 4.78 is 6.74. The van der Waals surface area contributed by atoms with Crippen LogP contribution in [0.25, 0.3) is 11.3 Å². The first-order chi connectivity index (χ1) is 8.06. The second-order valence-electron chi connectivity index (χ2n) is 3.94. The molecule has 1 heterocycles. The van der Waals surface area contributed by atoms with Gasteiger partial charge in [0.25, 0.3) is 0 Å². The van der Waals surface area contributed by atoms with Crippen LogP contribution in [0.4, 0.5) is 0 Å². The fourth-order valence-corrected chi connectivity index (χ4v) is 2.75. The predicted octanol–water partition coefficient (Wildman–Crippen LogP) is 4.13. The van der Waals surface area contributed by atoms with Crippen molar-refractivity contribution in [3.8, 4) is 11.3 Å². The molecule has 0 fully saturated rings. The van der Waals surface area contributed by atoms with Crippen molar-refractivity contribution in [2.24, 2.45) is 0 Å². The molecule has 1 aromatic heterocycles. The Morgan fingerprint density at radius 3 is 2.76 bits per heavy atom. The predicted molar refractivity (Wildman–Crippen MR) is 77.3 cm³/mol.